The number of unbranched alkanes of at least 4 members (excludes halogenated alkanes) is 1. The van der Waals surface area contributed by atoms with Crippen LogP contribution in [0.25, 0.3) is 0 Å². The first-order valence-corrected chi connectivity index (χ1v) is 9.10. The molecule has 126 valence electrons. The van der Waals surface area contributed by atoms with Gasteiger partial charge in [-0.05, 0) is 49.9 Å². The maximum atomic E-state index is 12.2. The monoisotopic (exact) mass is 315 g/mol. The van der Waals surface area contributed by atoms with E-state index < -0.39 is 0 Å². The Kier molecular flexibility index (Phi) is 5.31. The van der Waals surface area contributed by atoms with E-state index in [9.17, 15) is 4.79 Å². The molecule has 0 N–H and O–H groups in total. The highest BCUT2D eigenvalue weighted by molar-refractivity contribution is 5.77. The molecule has 4 heteroatoms. The van der Waals surface area contributed by atoms with Crippen LogP contribution in [-0.2, 0) is 11.3 Å². The molecule has 4 nitrogen and oxygen atoms in total. The van der Waals surface area contributed by atoms with Crippen molar-refractivity contribution in [3.63, 3.8) is 0 Å². The topological polar surface area (TPSA) is 36.4 Å². The van der Waals surface area contributed by atoms with E-state index in [0.717, 1.165) is 51.9 Å². The number of hydrogen-bond acceptors (Lipinski definition) is 3. The molecule has 2 aliphatic rings. The second-order valence-corrected chi connectivity index (χ2v) is 7.34. The first-order valence-electron chi connectivity index (χ1n) is 9.10. The van der Waals surface area contributed by atoms with Crippen molar-refractivity contribution in [3.8, 4) is 0 Å². The summed E-state index contributed by atoms with van der Waals surface area (Å²) in [6, 6.07) is 4.22. The molecule has 2 fully saturated rings. The van der Waals surface area contributed by atoms with Crippen LogP contribution in [0.2, 0.25) is 0 Å². The lowest BCUT2D eigenvalue weighted by atomic mass is 9.73. The third-order valence-electron chi connectivity index (χ3n) is 5.43. The number of aromatic nitrogens is 1. The van der Waals surface area contributed by atoms with Crippen LogP contribution in [0, 0.1) is 5.41 Å². The van der Waals surface area contributed by atoms with E-state index >= 15 is 0 Å². The van der Waals surface area contributed by atoms with E-state index in [1.54, 1.807) is 0 Å². The van der Waals surface area contributed by atoms with Crippen LogP contribution in [0.5, 0.6) is 0 Å². The highest BCUT2D eigenvalue weighted by Crippen LogP contribution is 2.39. The lowest BCUT2D eigenvalue weighted by Crippen LogP contribution is -2.53. The minimum absolute atomic E-state index is 0.326. The first-order chi connectivity index (χ1) is 11.2. The highest BCUT2D eigenvalue weighted by atomic mass is 16.2. The summed E-state index contributed by atoms with van der Waals surface area (Å²) < 4.78 is 0. The number of carbonyl (C=O) groups is 1. The molecule has 0 saturated carbocycles. The third-order valence-corrected chi connectivity index (χ3v) is 5.43. The van der Waals surface area contributed by atoms with Gasteiger partial charge in [-0.1, -0.05) is 13.3 Å². The smallest absolute Gasteiger partial charge is 0.222 e. The Labute approximate surface area is 139 Å². The van der Waals surface area contributed by atoms with Crippen molar-refractivity contribution < 1.29 is 4.79 Å². The summed E-state index contributed by atoms with van der Waals surface area (Å²) in [6.07, 6.45) is 10.4. The molecule has 2 saturated heterocycles. The summed E-state index contributed by atoms with van der Waals surface area (Å²) in [5.74, 6) is 0.371. The molecule has 1 spiro atoms. The molecule has 0 bridgehead atoms. The number of likely N-dealkylation sites (tertiary alicyclic amines) is 2. The number of rotatable bonds is 5. The molecule has 0 unspecified atom stereocenters. The molecule has 1 amide bonds. The number of amides is 1. The van der Waals surface area contributed by atoms with E-state index in [-0.39, 0.29) is 0 Å². The van der Waals surface area contributed by atoms with Gasteiger partial charge in [0.25, 0.3) is 0 Å². The van der Waals surface area contributed by atoms with E-state index in [0.29, 0.717) is 11.3 Å². The summed E-state index contributed by atoms with van der Waals surface area (Å²) in [5, 5.41) is 0. The van der Waals surface area contributed by atoms with Crippen molar-refractivity contribution in [2.24, 2.45) is 5.41 Å². The van der Waals surface area contributed by atoms with Gasteiger partial charge in [0, 0.05) is 50.4 Å². The van der Waals surface area contributed by atoms with Crippen molar-refractivity contribution in [1.82, 2.24) is 14.8 Å². The Bertz CT molecular complexity index is 519. The third kappa shape index (κ3) is 4.11. The summed E-state index contributed by atoms with van der Waals surface area (Å²) >= 11 is 0. The van der Waals surface area contributed by atoms with Gasteiger partial charge in [0.15, 0.2) is 0 Å². The maximum absolute atomic E-state index is 12.2. The Morgan fingerprint density at radius 1 is 1.22 bits per heavy atom. The quantitative estimate of drug-likeness (QED) is 0.838. The zero-order valence-electron chi connectivity index (χ0n) is 14.3. The van der Waals surface area contributed by atoms with Crippen molar-refractivity contribution in [3.05, 3.63) is 30.1 Å². The van der Waals surface area contributed by atoms with Gasteiger partial charge in [-0.25, -0.2) is 0 Å². The van der Waals surface area contributed by atoms with E-state index in [1.165, 1.54) is 24.9 Å². The van der Waals surface area contributed by atoms with Gasteiger partial charge in [-0.2, -0.15) is 0 Å². The fraction of sp³-hybridized carbons (Fsp3) is 0.684. The molecule has 2 aliphatic heterocycles. The zero-order valence-corrected chi connectivity index (χ0v) is 14.3. The average molecular weight is 315 g/mol. The summed E-state index contributed by atoms with van der Waals surface area (Å²) in [7, 11) is 0. The van der Waals surface area contributed by atoms with Crippen molar-refractivity contribution in [1.29, 1.82) is 0 Å². The lowest BCUT2D eigenvalue weighted by molar-refractivity contribution is -0.139. The molecule has 1 aromatic rings. The Morgan fingerprint density at radius 2 is 2.04 bits per heavy atom. The van der Waals surface area contributed by atoms with Crippen LogP contribution in [0.15, 0.2) is 24.5 Å². The van der Waals surface area contributed by atoms with E-state index in [2.05, 4.69) is 33.8 Å². The predicted molar refractivity (Wildman–Crippen MR) is 91.9 cm³/mol. The molecular formula is C19H29N3O. The number of carbonyl (C=O) groups excluding carboxylic acids is 1. The second kappa shape index (κ2) is 7.43. The fourth-order valence-corrected chi connectivity index (χ4v) is 4.18. The maximum Gasteiger partial charge on any atom is 0.222 e. The largest absolute Gasteiger partial charge is 0.342 e. The van der Waals surface area contributed by atoms with Crippen LogP contribution < -0.4 is 0 Å². The van der Waals surface area contributed by atoms with Crippen LogP contribution in [-0.4, -0.2) is 46.9 Å². The van der Waals surface area contributed by atoms with Gasteiger partial charge in [0.1, 0.15) is 0 Å². The summed E-state index contributed by atoms with van der Waals surface area (Å²) in [6.45, 7) is 7.42. The molecule has 3 heterocycles. The van der Waals surface area contributed by atoms with Gasteiger partial charge in [-0.3, -0.25) is 14.7 Å². The summed E-state index contributed by atoms with van der Waals surface area (Å²) in [4.78, 5) is 21.0. The molecule has 0 aromatic carbocycles. The van der Waals surface area contributed by atoms with Gasteiger partial charge in [0.2, 0.25) is 5.91 Å². The zero-order chi connectivity index (χ0) is 16.1. The van der Waals surface area contributed by atoms with Crippen molar-refractivity contribution in [2.75, 3.05) is 26.2 Å². The van der Waals surface area contributed by atoms with E-state index in [1.807, 2.05) is 12.4 Å². The molecule has 23 heavy (non-hydrogen) atoms. The number of pyridine rings is 1. The van der Waals surface area contributed by atoms with E-state index in [4.69, 9.17) is 0 Å². The second-order valence-electron chi connectivity index (χ2n) is 7.34. The van der Waals surface area contributed by atoms with Crippen LogP contribution in [0.4, 0.5) is 0 Å². The number of hydrogen-bond donors (Lipinski definition) is 0. The summed E-state index contributed by atoms with van der Waals surface area (Å²) in [5.41, 5.74) is 1.67. The van der Waals surface area contributed by atoms with Crippen LogP contribution in [0.3, 0.4) is 0 Å². The van der Waals surface area contributed by atoms with Crippen molar-refractivity contribution in [2.45, 2.75) is 52.0 Å². The molecule has 0 radical (unpaired) electrons. The Hall–Kier alpha value is -1.42. The molecular weight excluding hydrogens is 286 g/mol. The van der Waals surface area contributed by atoms with Gasteiger partial charge in [0.05, 0.1) is 0 Å². The van der Waals surface area contributed by atoms with Gasteiger partial charge in [-0.15, -0.1) is 0 Å². The number of piperidine rings is 2. The number of nitrogens with zero attached hydrogens (tertiary/aromatic N) is 3. The van der Waals surface area contributed by atoms with Crippen LogP contribution in [0.1, 0.15) is 51.0 Å². The molecule has 0 aliphatic carbocycles. The first kappa shape index (κ1) is 16.4. The lowest BCUT2D eigenvalue weighted by Gasteiger charge is -2.48. The molecule has 3 rings (SSSR count). The predicted octanol–water partition coefficient (Wildman–Crippen LogP) is 3.09. The van der Waals surface area contributed by atoms with Gasteiger partial charge < -0.3 is 4.90 Å². The molecule has 1 atom stereocenters. The fourth-order valence-electron chi connectivity index (χ4n) is 4.18. The van der Waals surface area contributed by atoms with Crippen molar-refractivity contribution >= 4 is 5.91 Å². The molecule has 1 aromatic heterocycles. The minimum atomic E-state index is 0.326. The Morgan fingerprint density at radius 3 is 2.83 bits per heavy atom. The normalized spacial score (nSPS) is 26.0. The Balaban J connectivity index is 1.63. The average Bonchev–Trinajstić information content (AvgIpc) is 2.57. The highest BCUT2D eigenvalue weighted by Gasteiger charge is 2.41. The minimum Gasteiger partial charge on any atom is -0.342 e. The van der Waals surface area contributed by atoms with Crippen LogP contribution >= 0.6 is 0 Å². The SMILES string of the molecule is CCCCN1C[C@]2(CCCN(Cc3ccncc3)C2)CCC1=O. The van der Waals surface area contributed by atoms with Gasteiger partial charge >= 0.3 is 0 Å². The standard InChI is InChI=1S/C19H29N3O/c1-2-3-13-22-16-19(9-5-18(22)23)8-4-12-21(15-19)14-17-6-10-20-11-7-17/h6-7,10-11H,2-5,8-9,12-16H2,1H3/t19-/m1/s1.